The van der Waals surface area contributed by atoms with Gasteiger partial charge in [0, 0.05) is 19.6 Å². The summed E-state index contributed by atoms with van der Waals surface area (Å²) in [4.78, 5) is 23.9. The fourth-order valence-electron chi connectivity index (χ4n) is 4.11. The van der Waals surface area contributed by atoms with Crippen molar-refractivity contribution in [1.29, 1.82) is 0 Å². The van der Waals surface area contributed by atoms with Crippen molar-refractivity contribution in [3.8, 4) is 0 Å². The molecule has 29 heavy (non-hydrogen) atoms. The van der Waals surface area contributed by atoms with Gasteiger partial charge in [-0.15, -0.1) is 0 Å². The molecule has 1 aliphatic heterocycles. The number of amides is 1. The number of carbonyl (C=O) groups excluding carboxylic acids is 1. The van der Waals surface area contributed by atoms with E-state index in [1.54, 1.807) is 0 Å². The molecule has 0 radical (unpaired) electrons. The van der Waals surface area contributed by atoms with Crippen molar-refractivity contribution in [1.82, 2.24) is 15.3 Å². The Labute approximate surface area is 169 Å². The maximum absolute atomic E-state index is 12.7. The molecule has 2 aromatic carbocycles. The van der Waals surface area contributed by atoms with Crippen LogP contribution in [-0.4, -0.2) is 22.5 Å². The minimum Gasteiger partial charge on any atom is -0.352 e. The zero-order valence-corrected chi connectivity index (χ0v) is 16.2. The first-order valence-electron chi connectivity index (χ1n) is 10.1. The maximum Gasteiger partial charge on any atom is 0.226 e. The summed E-state index contributed by atoms with van der Waals surface area (Å²) >= 11 is 0. The van der Waals surface area contributed by atoms with Crippen molar-refractivity contribution in [3.05, 3.63) is 65.4 Å². The monoisotopic (exact) mass is 390 g/mol. The summed E-state index contributed by atoms with van der Waals surface area (Å²) in [7, 11) is 0. The number of benzene rings is 2. The van der Waals surface area contributed by atoms with E-state index < -0.39 is 12.1 Å². The number of nitrogens with one attached hydrogen (secondary N) is 1. The Morgan fingerprint density at radius 1 is 1.10 bits per heavy atom. The van der Waals surface area contributed by atoms with Crippen LogP contribution in [0.15, 0.2) is 48.7 Å². The van der Waals surface area contributed by atoms with Crippen molar-refractivity contribution < 1.29 is 9.18 Å². The standard InChI is InChI=1S/C23H23FN4O/c24-10-9-23(7-8-23)22(29)26-12-16-5-6-17-14-28(15-18(17)11-16)21-13-25-19-3-1-2-4-20(19)27-21/h1-6,11,13H,7-10,12,14-15H2,(H,26,29). The number of alkyl halides is 1. The molecule has 5 rings (SSSR count). The van der Waals surface area contributed by atoms with Gasteiger partial charge in [0.1, 0.15) is 5.82 Å². The molecule has 0 bridgehead atoms. The Morgan fingerprint density at radius 2 is 1.90 bits per heavy atom. The smallest absolute Gasteiger partial charge is 0.226 e. The van der Waals surface area contributed by atoms with Crippen LogP contribution in [0, 0.1) is 5.41 Å². The minimum absolute atomic E-state index is 0.0105. The fourth-order valence-corrected chi connectivity index (χ4v) is 4.11. The Morgan fingerprint density at radius 3 is 2.69 bits per heavy atom. The number of nitrogens with zero attached hydrogens (tertiary/aromatic N) is 3. The summed E-state index contributed by atoms with van der Waals surface area (Å²) in [6.07, 6.45) is 3.77. The lowest BCUT2D eigenvalue weighted by atomic mass is 10.0. The van der Waals surface area contributed by atoms with Crippen molar-refractivity contribution in [3.63, 3.8) is 0 Å². The molecule has 1 aromatic heterocycles. The fraction of sp³-hybridized carbons (Fsp3) is 0.348. The highest BCUT2D eigenvalue weighted by Gasteiger charge is 2.49. The molecule has 2 heterocycles. The third kappa shape index (κ3) is 3.43. The van der Waals surface area contributed by atoms with Crippen LogP contribution < -0.4 is 10.2 Å². The molecular formula is C23H23FN4O. The number of anilines is 1. The first kappa shape index (κ1) is 18.0. The first-order valence-corrected chi connectivity index (χ1v) is 10.1. The van der Waals surface area contributed by atoms with Crippen LogP contribution in [0.4, 0.5) is 10.2 Å². The van der Waals surface area contributed by atoms with E-state index in [1.807, 2.05) is 30.5 Å². The van der Waals surface area contributed by atoms with E-state index in [1.165, 1.54) is 11.1 Å². The topological polar surface area (TPSA) is 58.1 Å². The molecule has 0 unspecified atom stereocenters. The highest BCUT2D eigenvalue weighted by atomic mass is 19.1. The molecule has 0 spiro atoms. The Bertz CT molecular complexity index is 1080. The summed E-state index contributed by atoms with van der Waals surface area (Å²) in [5, 5.41) is 3.00. The van der Waals surface area contributed by atoms with E-state index in [-0.39, 0.29) is 5.91 Å². The van der Waals surface area contributed by atoms with E-state index in [0.717, 1.165) is 48.3 Å². The first-order chi connectivity index (χ1) is 14.2. The van der Waals surface area contributed by atoms with Crippen LogP contribution in [-0.2, 0) is 24.4 Å². The van der Waals surface area contributed by atoms with Crippen molar-refractivity contribution in [2.45, 2.75) is 38.9 Å². The van der Waals surface area contributed by atoms with Crippen LogP contribution in [0.2, 0.25) is 0 Å². The number of hydrogen-bond donors (Lipinski definition) is 1. The zero-order chi connectivity index (χ0) is 19.8. The number of halogens is 1. The molecule has 1 N–H and O–H groups in total. The lowest BCUT2D eigenvalue weighted by molar-refractivity contribution is -0.126. The predicted molar refractivity (Wildman–Crippen MR) is 110 cm³/mol. The van der Waals surface area contributed by atoms with Gasteiger partial charge >= 0.3 is 0 Å². The Hall–Kier alpha value is -3.02. The van der Waals surface area contributed by atoms with Gasteiger partial charge in [0.05, 0.1) is 29.3 Å². The van der Waals surface area contributed by atoms with Crippen molar-refractivity contribution >= 4 is 22.8 Å². The van der Waals surface area contributed by atoms with Gasteiger partial charge in [0.2, 0.25) is 5.91 Å². The number of rotatable bonds is 6. The Kier molecular flexibility index (Phi) is 4.42. The number of hydrogen-bond acceptors (Lipinski definition) is 4. The zero-order valence-electron chi connectivity index (χ0n) is 16.2. The van der Waals surface area contributed by atoms with Crippen LogP contribution >= 0.6 is 0 Å². The van der Waals surface area contributed by atoms with Gasteiger partial charge in [-0.25, -0.2) is 4.98 Å². The van der Waals surface area contributed by atoms with Gasteiger partial charge in [-0.2, -0.15) is 0 Å². The van der Waals surface area contributed by atoms with E-state index in [4.69, 9.17) is 4.98 Å². The molecule has 6 heteroatoms. The lowest BCUT2D eigenvalue weighted by Gasteiger charge is -2.16. The molecule has 0 saturated heterocycles. The molecule has 0 atom stereocenters. The van der Waals surface area contributed by atoms with E-state index >= 15 is 0 Å². The van der Waals surface area contributed by atoms with Crippen molar-refractivity contribution in [2.75, 3.05) is 11.6 Å². The summed E-state index contributed by atoms with van der Waals surface area (Å²) in [6, 6.07) is 14.2. The third-order valence-electron chi connectivity index (χ3n) is 6.11. The second-order valence-corrected chi connectivity index (χ2v) is 8.08. The Balaban J connectivity index is 1.27. The molecule has 148 valence electrons. The molecular weight excluding hydrogens is 367 g/mol. The highest BCUT2D eigenvalue weighted by molar-refractivity contribution is 5.85. The summed E-state index contributed by atoms with van der Waals surface area (Å²) in [5.41, 5.74) is 4.93. The van der Waals surface area contributed by atoms with Gasteiger partial charge in [-0.05, 0) is 48.1 Å². The normalized spacial score (nSPS) is 16.7. The molecule has 3 aromatic rings. The van der Waals surface area contributed by atoms with E-state index in [9.17, 15) is 9.18 Å². The average molecular weight is 390 g/mol. The van der Waals surface area contributed by atoms with E-state index in [2.05, 4.69) is 33.4 Å². The molecule has 1 saturated carbocycles. The second kappa shape index (κ2) is 7.10. The highest BCUT2D eigenvalue weighted by Crippen LogP contribution is 2.49. The molecule has 1 aliphatic carbocycles. The van der Waals surface area contributed by atoms with Crippen LogP contribution in [0.25, 0.3) is 11.0 Å². The summed E-state index contributed by atoms with van der Waals surface area (Å²) < 4.78 is 12.7. The van der Waals surface area contributed by atoms with Gasteiger partial charge in [0.15, 0.2) is 0 Å². The second-order valence-electron chi connectivity index (χ2n) is 8.08. The summed E-state index contributed by atoms with van der Waals surface area (Å²) in [5.74, 6) is 0.861. The third-order valence-corrected chi connectivity index (χ3v) is 6.11. The maximum atomic E-state index is 12.7. The number of aromatic nitrogens is 2. The molecule has 1 fully saturated rings. The van der Waals surface area contributed by atoms with Crippen LogP contribution in [0.1, 0.15) is 36.0 Å². The molecule has 1 amide bonds. The van der Waals surface area contributed by atoms with Gasteiger partial charge < -0.3 is 10.2 Å². The quantitative estimate of drug-likeness (QED) is 0.693. The minimum atomic E-state index is -0.447. The van der Waals surface area contributed by atoms with Gasteiger partial charge in [-0.1, -0.05) is 30.3 Å². The molecule has 5 nitrogen and oxygen atoms in total. The number of para-hydroxylation sites is 2. The number of fused-ring (bicyclic) bond motifs is 2. The average Bonchev–Trinajstić information content (AvgIpc) is 3.41. The molecule has 2 aliphatic rings. The predicted octanol–water partition coefficient (Wildman–Crippen LogP) is 3.91. The van der Waals surface area contributed by atoms with Crippen LogP contribution in [0.3, 0.4) is 0 Å². The largest absolute Gasteiger partial charge is 0.352 e. The summed E-state index contributed by atoms with van der Waals surface area (Å²) in [6.45, 7) is 1.63. The van der Waals surface area contributed by atoms with Gasteiger partial charge in [0.25, 0.3) is 0 Å². The SMILES string of the molecule is O=C(NCc1ccc2c(c1)CN(c1cnc3ccccc3n1)C2)C1(CCF)CC1. The van der Waals surface area contributed by atoms with Crippen molar-refractivity contribution in [2.24, 2.45) is 5.41 Å². The van der Waals surface area contributed by atoms with Crippen LogP contribution in [0.5, 0.6) is 0 Å². The lowest BCUT2D eigenvalue weighted by Crippen LogP contribution is -2.32. The van der Waals surface area contributed by atoms with Gasteiger partial charge in [-0.3, -0.25) is 14.2 Å². The number of carbonyl (C=O) groups is 1. The van der Waals surface area contributed by atoms with E-state index in [0.29, 0.717) is 13.0 Å².